The Morgan fingerprint density at radius 3 is 2.15 bits per heavy atom. The molecule has 0 radical (unpaired) electrons. The standard InChI is InChI=1S/C20H22N2O4/c23-18(21-22-20(25)17-11-5-2-6-12-17)13-14-19(24)26-15-7-10-16-8-3-1-4-9-16/h1-6,8-9,11-12H,7,10,13-15H2,(H,21,23)(H,22,25). The molecule has 6 nitrogen and oxygen atoms in total. The Morgan fingerprint density at radius 1 is 0.808 bits per heavy atom. The smallest absolute Gasteiger partial charge is 0.306 e. The largest absolute Gasteiger partial charge is 0.466 e. The van der Waals surface area contributed by atoms with Crippen LogP contribution < -0.4 is 10.9 Å². The number of aryl methyl sites for hydroxylation is 1. The molecule has 0 heterocycles. The number of nitrogens with one attached hydrogen (secondary N) is 2. The Morgan fingerprint density at radius 2 is 1.46 bits per heavy atom. The van der Waals surface area contributed by atoms with Crippen LogP contribution in [0.4, 0.5) is 0 Å². The van der Waals surface area contributed by atoms with E-state index in [-0.39, 0.29) is 12.8 Å². The number of rotatable bonds is 8. The number of amides is 2. The quantitative estimate of drug-likeness (QED) is 0.433. The Balaban J connectivity index is 1.55. The summed E-state index contributed by atoms with van der Waals surface area (Å²) in [5.41, 5.74) is 6.21. The van der Waals surface area contributed by atoms with Gasteiger partial charge < -0.3 is 4.74 Å². The van der Waals surface area contributed by atoms with Gasteiger partial charge in [0, 0.05) is 12.0 Å². The van der Waals surface area contributed by atoms with E-state index < -0.39 is 17.8 Å². The van der Waals surface area contributed by atoms with Crippen molar-refractivity contribution in [1.29, 1.82) is 0 Å². The zero-order valence-electron chi connectivity index (χ0n) is 14.4. The summed E-state index contributed by atoms with van der Waals surface area (Å²) in [7, 11) is 0. The SMILES string of the molecule is O=C(CCC(=O)OCCCc1ccccc1)NNC(=O)c1ccccc1. The second-order valence-electron chi connectivity index (χ2n) is 5.68. The van der Waals surface area contributed by atoms with Crippen LogP contribution in [0.5, 0.6) is 0 Å². The third-order valence-electron chi connectivity index (χ3n) is 3.62. The number of carbonyl (C=O) groups excluding carboxylic acids is 3. The van der Waals surface area contributed by atoms with Crippen molar-refractivity contribution >= 4 is 17.8 Å². The summed E-state index contributed by atoms with van der Waals surface area (Å²) >= 11 is 0. The monoisotopic (exact) mass is 354 g/mol. The molecule has 0 saturated heterocycles. The van der Waals surface area contributed by atoms with Crippen molar-refractivity contribution in [2.24, 2.45) is 0 Å². The van der Waals surface area contributed by atoms with Crippen LogP contribution in [0, 0.1) is 0 Å². The predicted molar refractivity (Wildman–Crippen MR) is 97.0 cm³/mol. The number of hydrogen-bond donors (Lipinski definition) is 2. The van der Waals surface area contributed by atoms with E-state index >= 15 is 0 Å². The number of carbonyl (C=O) groups is 3. The van der Waals surface area contributed by atoms with Crippen LogP contribution in [-0.2, 0) is 20.7 Å². The molecule has 2 rings (SSSR count). The molecule has 2 aromatic rings. The number of esters is 1. The molecule has 0 aliphatic rings. The molecule has 2 amide bonds. The topological polar surface area (TPSA) is 84.5 Å². The van der Waals surface area contributed by atoms with Gasteiger partial charge >= 0.3 is 5.97 Å². The van der Waals surface area contributed by atoms with Gasteiger partial charge in [-0.15, -0.1) is 0 Å². The second kappa shape index (κ2) is 10.7. The van der Waals surface area contributed by atoms with Crippen LogP contribution in [0.3, 0.4) is 0 Å². The highest BCUT2D eigenvalue weighted by Gasteiger charge is 2.10. The van der Waals surface area contributed by atoms with Crippen LogP contribution in [0.1, 0.15) is 35.2 Å². The van der Waals surface area contributed by atoms with Crippen molar-refractivity contribution in [2.75, 3.05) is 6.61 Å². The van der Waals surface area contributed by atoms with E-state index in [4.69, 9.17) is 4.74 Å². The molecule has 6 heteroatoms. The lowest BCUT2D eigenvalue weighted by atomic mass is 10.1. The van der Waals surface area contributed by atoms with E-state index in [1.54, 1.807) is 30.3 Å². The zero-order valence-corrected chi connectivity index (χ0v) is 14.4. The minimum Gasteiger partial charge on any atom is -0.466 e. The van der Waals surface area contributed by atoms with E-state index in [0.29, 0.717) is 12.2 Å². The van der Waals surface area contributed by atoms with Gasteiger partial charge in [0.15, 0.2) is 0 Å². The first kappa shape index (κ1) is 19.2. The van der Waals surface area contributed by atoms with E-state index in [1.165, 1.54) is 5.56 Å². The minimum atomic E-state index is -0.449. The lowest BCUT2D eigenvalue weighted by molar-refractivity contribution is -0.145. The average molecular weight is 354 g/mol. The maximum Gasteiger partial charge on any atom is 0.306 e. The van der Waals surface area contributed by atoms with Crippen molar-refractivity contribution < 1.29 is 19.1 Å². The molecule has 136 valence electrons. The molecule has 0 aliphatic carbocycles. The van der Waals surface area contributed by atoms with Gasteiger partial charge in [0.2, 0.25) is 5.91 Å². The van der Waals surface area contributed by atoms with Gasteiger partial charge in [-0.25, -0.2) is 0 Å². The third kappa shape index (κ3) is 7.17. The summed E-state index contributed by atoms with van der Waals surface area (Å²) in [6.45, 7) is 0.320. The first-order chi connectivity index (χ1) is 12.6. The molecule has 2 N–H and O–H groups in total. The molecule has 0 aromatic heterocycles. The second-order valence-corrected chi connectivity index (χ2v) is 5.68. The average Bonchev–Trinajstić information content (AvgIpc) is 2.69. The Hall–Kier alpha value is -3.15. The highest BCUT2D eigenvalue weighted by molar-refractivity contribution is 5.95. The van der Waals surface area contributed by atoms with Crippen molar-refractivity contribution in [3.63, 3.8) is 0 Å². The summed E-state index contributed by atoms with van der Waals surface area (Å²) in [4.78, 5) is 35.1. The summed E-state index contributed by atoms with van der Waals surface area (Å²) < 4.78 is 5.10. The maximum absolute atomic E-state index is 11.8. The minimum absolute atomic E-state index is 0.0294. The van der Waals surface area contributed by atoms with E-state index in [0.717, 1.165) is 12.8 Å². The molecule has 0 spiro atoms. The summed E-state index contributed by atoms with van der Waals surface area (Å²) in [5.74, 6) is -1.29. The van der Waals surface area contributed by atoms with Gasteiger partial charge in [-0.3, -0.25) is 25.2 Å². The molecule has 0 unspecified atom stereocenters. The van der Waals surface area contributed by atoms with Crippen LogP contribution >= 0.6 is 0 Å². The fraction of sp³-hybridized carbons (Fsp3) is 0.250. The van der Waals surface area contributed by atoms with Crippen molar-refractivity contribution in [3.05, 3.63) is 71.8 Å². The molecule has 0 saturated carbocycles. The van der Waals surface area contributed by atoms with Gasteiger partial charge in [0.1, 0.15) is 0 Å². The highest BCUT2D eigenvalue weighted by Crippen LogP contribution is 2.03. The fourth-order valence-corrected chi connectivity index (χ4v) is 2.25. The van der Waals surface area contributed by atoms with E-state index in [2.05, 4.69) is 10.9 Å². The normalized spacial score (nSPS) is 10.0. The Labute approximate surface area is 152 Å². The lowest BCUT2D eigenvalue weighted by Crippen LogP contribution is -2.41. The number of hydrogen-bond acceptors (Lipinski definition) is 4. The molecule has 0 atom stereocenters. The Bertz CT molecular complexity index is 717. The molecular weight excluding hydrogens is 332 g/mol. The first-order valence-corrected chi connectivity index (χ1v) is 8.49. The molecular formula is C20H22N2O4. The molecule has 0 aliphatic heterocycles. The van der Waals surface area contributed by atoms with Crippen LogP contribution in [0.15, 0.2) is 60.7 Å². The van der Waals surface area contributed by atoms with Gasteiger partial charge in [-0.2, -0.15) is 0 Å². The van der Waals surface area contributed by atoms with Crippen molar-refractivity contribution in [2.45, 2.75) is 25.7 Å². The zero-order chi connectivity index (χ0) is 18.6. The van der Waals surface area contributed by atoms with Gasteiger partial charge in [-0.1, -0.05) is 48.5 Å². The molecule has 2 aromatic carbocycles. The first-order valence-electron chi connectivity index (χ1n) is 8.49. The van der Waals surface area contributed by atoms with Crippen LogP contribution in [0.2, 0.25) is 0 Å². The van der Waals surface area contributed by atoms with Gasteiger partial charge in [0.25, 0.3) is 5.91 Å². The van der Waals surface area contributed by atoms with Gasteiger partial charge in [-0.05, 0) is 30.5 Å². The highest BCUT2D eigenvalue weighted by atomic mass is 16.5. The maximum atomic E-state index is 11.8. The summed E-state index contributed by atoms with van der Waals surface area (Å²) in [5, 5.41) is 0. The third-order valence-corrected chi connectivity index (χ3v) is 3.62. The van der Waals surface area contributed by atoms with Crippen LogP contribution in [-0.4, -0.2) is 24.4 Å². The van der Waals surface area contributed by atoms with Crippen molar-refractivity contribution in [3.8, 4) is 0 Å². The molecule has 0 fully saturated rings. The number of ether oxygens (including phenoxy) is 1. The summed E-state index contributed by atoms with van der Waals surface area (Å²) in [6, 6.07) is 18.5. The number of benzene rings is 2. The van der Waals surface area contributed by atoms with E-state index in [1.807, 2.05) is 30.3 Å². The lowest BCUT2D eigenvalue weighted by Gasteiger charge is -2.08. The van der Waals surface area contributed by atoms with Crippen LogP contribution in [0.25, 0.3) is 0 Å². The predicted octanol–water partition coefficient (Wildman–Crippen LogP) is 2.40. The van der Waals surface area contributed by atoms with E-state index in [9.17, 15) is 14.4 Å². The Kier molecular flexibility index (Phi) is 7.86. The van der Waals surface area contributed by atoms with Crippen molar-refractivity contribution in [1.82, 2.24) is 10.9 Å². The number of hydrazine groups is 1. The molecule has 26 heavy (non-hydrogen) atoms. The van der Waals surface area contributed by atoms with Gasteiger partial charge in [0.05, 0.1) is 13.0 Å². The fourth-order valence-electron chi connectivity index (χ4n) is 2.25. The summed E-state index contributed by atoms with van der Waals surface area (Å²) in [6.07, 6.45) is 1.49. The molecule has 0 bridgehead atoms.